The molecule has 0 radical (unpaired) electrons. The Labute approximate surface area is 268 Å². The number of aromatic nitrogens is 1. The predicted octanol–water partition coefficient (Wildman–Crippen LogP) is 6.56. The molecule has 0 spiro atoms. The average molecular weight is 660 g/mol. The zero-order valence-electron chi connectivity index (χ0n) is 25.9. The molecule has 47 heavy (non-hydrogen) atoms. The van der Waals surface area contributed by atoms with E-state index >= 15 is 0 Å². The largest absolute Gasteiger partial charge is 0.416 e. The van der Waals surface area contributed by atoms with Crippen molar-refractivity contribution in [3.8, 4) is 0 Å². The highest BCUT2D eigenvalue weighted by Crippen LogP contribution is 2.37. The summed E-state index contributed by atoms with van der Waals surface area (Å²) < 4.78 is 81.9. The van der Waals surface area contributed by atoms with Gasteiger partial charge in [0.05, 0.1) is 11.1 Å². The highest BCUT2D eigenvalue weighted by molar-refractivity contribution is 6.01. The maximum Gasteiger partial charge on any atom is 0.416 e. The number of aromatic amines is 1. The van der Waals surface area contributed by atoms with Gasteiger partial charge in [-0.15, -0.1) is 0 Å². The Kier molecular flexibility index (Phi) is 10.3. The molecule has 2 heterocycles. The summed E-state index contributed by atoms with van der Waals surface area (Å²) in [6.45, 7) is 2.05. The molecule has 1 N–H and O–H groups in total. The number of rotatable bonds is 10. The molecule has 0 saturated carbocycles. The summed E-state index contributed by atoms with van der Waals surface area (Å²) in [5.41, 5.74) is -0.481. The van der Waals surface area contributed by atoms with E-state index in [9.17, 15) is 31.1 Å². The first-order chi connectivity index (χ1) is 22.3. The third-order valence-corrected chi connectivity index (χ3v) is 8.08. The van der Waals surface area contributed by atoms with Gasteiger partial charge in [0.15, 0.2) is 0 Å². The summed E-state index contributed by atoms with van der Waals surface area (Å²) in [5, 5.41) is 5.33. The fraction of sp³-hybridized carbons (Fsp3) is 0.353. The van der Waals surface area contributed by atoms with Crippen LogP contribution in [-0.4, -0.2) is 90.8 Å². The molecule has 3 aromatic carbocycles. The summed E-state index contributed by atoms with van der Waals surface area (Å²) >= 11 is 0. The smallest absolute Gasteiger partial charge is 0.394 e. The highest BCUT2D eigenvalue weighted by atomic mass is 19.4. The van der Waals surface area contributed by atoms with Gasteiger partial charge in [-0.25, -0.2) is 0 Å². The second-order valence-corrected chi connectivity index (χ2v) is 11.8. The van der Waals surface area contributed by atoms with Crippen LogP contribution >= 0.6 is 0 Å². The molecular formula is C34H35F6N5O2. The van der Waals surface area contributed by atoms with Crippen LogP contribution in [-0.2, 0) is 23.6 Å². The van der Waals surface area contributed by atoms with Crippen LogP contribution in [0, 0.1) is 0 Å². The lowest BCUT2D eigenvalue weighted by Crippen LogP contribution is -2.56. The van der Waals surface area contributed by atoms with Crippen LogP contribution in [0.4, 0.5) is 26.3 Å². The molecule has 1 aliphatic heterocycles. The average Bonchev–Trinajstić information content (AvgIpc) is 3.44. The number of piperazine rings is 1. The number of nitrogens with one attached hydrogen (secondary N) is 1. The van der Waals surface area contributed by atoms with Crippen molar-refractivity contribution in [2.45, 2.75) is 24.8 Å². The third kappa shape index (κ3) is 8.52. The van der Waals surface area contributed by atoms with Crippen molar-refractivity contribution >= 4 is 22.5 Å². The summed E-state index contributed by atoms with van der Waals surface area (Å²) in [7, 11) is 3.84. The lowest BCUT2D eigenvalue weighted by molar-refractivity contribution is -0.143. The van der Waals surface area contributed by atoms with E-state index in [1.165, 1.54) is 4.90 Å². The number of halogens is 6. The van der Waals surface area contributed by atoms with Crippen molar-refractivity contribution < 1.29 is 36.0 Å². The third-order valence-electron chi connectivity index (χ3n) is 8.08. The molecule has 1 atom stereocenters. The first-order valence-corrected chi connectivity index (χ1v) is 15.1. The number of H-pyrrole nitrogens is 1. The molecule has 1 saturated heterocycles. The second-order valence-electron chi connectivity index (χ2n) is 11.8. The van der Waals surface area contributed by atoms with E-state index in [-0.39, 0.29) is 12.6 Å². The first kappa shape index (κ1) is 34.0. The van der Waals surface area contributed by atoms with E-state index in [2.05, 4.69) is 15.0 Å². The molecule has 5 rings (SSSR count). The van der Waals surface area contributed by atoms with E-state index in [0.29, 0.717) is 57.1 Å². The number of alkyl halides is 6. The number of carbonyl (C=O) groups excluding carboxylic acids is 1. The van der Waals surface area contributed by atoms with E-state index in [0.717, 1.165) is 22.0 Å². The fourth-order valence-electron chi connectivity index (χ4n) is 5.67. The lowest BCUT2D eigenvalue weighted by Gasteiger charge is -2.42. The molecule has 250 valence electrons. The van der Waals surface area contributed by atoms with Gasteiger partial charge in [0, 0.05) is 67.0 Å². The summed E-state index contributed by atoms with van der Waals surface area (Å²) in [6, 6.07) is 17.5. The predicted molar refractivity (Wildman–Crippen MR) is 167 cm³/mol. The first-order valence-electron chi connectivity index (χ1n) is 15.1. The number of amides is 1. The molecule has 1 amide bonds. The minimum absolute atomic E-state index is 0.0310. The van der Waals surface area contributed by atoms with Crippen LogP contribution in [0.5, 0.6) is 0 Å². The van der Waals surface area contributed by atoms with Crippen molar-refractivity contribution in [3.05, 3.63) is 107 Å². The standard InChI is InChI=1S/C34H35F6N5O2/c1-43(2)14-15-47-42-31(23-8-4-3-5-9-23)22-44-12-13-45(28(21-44)18-25-20-41-30-11-7-6-10-29(25)30)32(46)24-16-26(33(35,36)37)19-27(17-24)34(38,39)40/h3-11,16-17,19-20,28,41H,12-15,18,21-22H2,1-2H3/b42-31-/t28-/m1/s1. The van der Waals surface area contributed by atoms with Gasteiger partial charge in [0.25, 0.3) is 5.91 Å². The molecule has 13 heteroatoms. The number of nitrogens with zero attached hydrogens (tertiary/aromatic N) is 4. The minimum atomic E-state index is -5.07. The zero-order chi connectivity index (χ0) is 33.8. The molecule has 4 aromatic rings. The van der Waals surface area contributed by atoms with Crippen LogP contribution in [0.2, 0.25) is 0 Å². The maximum absolute atomic E-state index is 13.9. The van der Waals surface area contributed by atoms with Crippen molar-refractivity contribution in [2.75, 3.05) is 53.4 Å². The lowest BCUT2D eigenvalue weighted by atomic mass is 9.98. The molecule has 7 nitrogen and oxygen atoms in total. The summed E-state index contributed by atoms with van der Waals surface area (Å²) in [6.07, 6.45) is -8.01. The summed E-state index contributed by atoms with van der Waals surface area (Å²) in [5.74, 6) is -0.893. The zero-order valence-corrected chi connectivity index (χ0v) is 25.9. The van der Waals surface area contributed by atoms with Gasteiger partial charge in [-0.2, -0.15) is 26.3 Å². The van der Waals surface area contributed by atoms with Gasteiger partial charge in [0.1, 0.15) is 12.3 Å². The number of hydrogen-bond acceptors (Lipinski definition) is 5. The van der Waals surface area contributed by atoms with Crippen LogP contribution < -0.4 is 0 Å². The number of fused-ring (bicyclic) bond motifs is 1. The van der Waals surface area contributed by atoms with Crippen LogP contribution in [0.1, 0.15) is 32.6 Å². The Morgan fingerprint density at radius 1 is 0.915 bits per heavy atom. The normalized spacial score (nSPS) is 16.7. The minimum Gasteiger partial charge on any atom is -0.394 e. The van der Waals surface area contributed by atoms with E-state index in [1.54, 1.807) is 0 Å². The topological polar surface area (TPSA) is 64.2 Å². The van der Waals surface area contributed by atoms with Crippen molar-refractivity contribution in [1.29, 1.82) is 0 Å². The molecule has 1 fully saturated rings. The molecule has 1 aromatic heterocycles. The number of benzene rings is 3. The van der Waals surface area contributed by atoms with E-state index in [4.69, 9.17) is 4.84 Å². The second kappa shape index (κ2) is 14.2. The van der Waals surface area contributed by atoms with Crippen LogP contribution in [0.3, 0.4) is 0 Å². The van der Waals surface area contributed by atoms with Gasteiger partial charge < -0.3 is 19.6 Å². The molecule has 0 bridgehead atoms. The fourth-order valence-corrected chi connectivity index (χ4v) is 5.67. The summed E-state index contributed by atoms with van der Waals surface area (Å²) in [4.78, 5) is 28.1. The quantitative estimate of drug-likeness (QED) is 0.0908. The Bertz CT molecular complexity index is 1670. The molecule has 0 unspecified atom stereocenters. The maximum atomic E-state index is 13.9. The van der Waals surface area contributed by atoms with Crippen molar-refractivity contribution in [1.82, 2.24) is 19.7 Å². The van der Waals surface area contributed by atoms with Gasteiger partial charge in [0.2, 0.25) is 0 Å². The number of para-hydroxylation sites is 1. The Morgan fingerprint density at radius 2 is 1.57 bits per heavy atom. The van der Waals surface area contributed by atoms with Gasteiger partial charge in [-0.3, -0.25) is 9.69 Å². The molecular weight excluding hydrogens is 624 g/mol. The highest BCUT2D eigenvalue weighted by Gasteiger charge is 2.39. The molecule has 0 aliphatic carbocycles. The molecule has 1 aliphatic rings. The number of hydrogen-bond donors (Lipinski definition) is 1. The van der Waals surface area contributed by atoms with Gasteiger partial charge >= 0.3 is 12.4 Å². The Morgan fingerprint density at radius 3 is 2.23 bits per heavy atom. The number of likely N-dealkylation sites (N-methyl/N-ethyl adjacent to an activating group) is 1. The van der Waals surface area contributed by atoms with Crippen molar-refractivity contribution in [3.63, 3.8) is 0 Å². The van der Waals surface area contributed by atoms with Crippen LogP contribution in [0.15, 0.2) is 84.1 Å². The van der Waals surface area contributed by atoms with Gasteiger partial charge in [-0.05, 0) is 50.3 Å². The van der Waals surface area contributed by atoms with E-state index in [1.807, 2.05) is 79.8 Å². The number of carbonyl (C=O) groups is 1. The van der Waals surface area contributed by atoms with Crippen molar-refractivity contribution in [2.24, 2.45) is 5.16 Å². The Balaban J connectivity index is 1.46. The Hall–Kier alpha value is -4.36. The monoisotopic (exact) mass is 659 g/mol. The van der Waals surface area contributed by atoms with Gasteiger partial charge in [-0.1, -0.05) is 53.7 Å². The van der Waals surface area contributed by atoms with E-state index < -0.39 is 41.0 Å². The van der Waals surface area contributed by atoms with Crippen LogP contribution in [0.25, 0.3) is 10.9 Å². The SMILES string of the molecule is CN(C)CCO/N=C(/CN1CCN(C(=O)c2cc(C(F)(F)F)cc(C(F)(F)F)c2)[C@H](Cc2c[nH]c3ccccc23)C1)c1ccccc1. The number of oxime groups is 1.